The number of fused-ring (bicyclic) bond motifs is 2. The van der Waals surface area contributed by atoms with Crippen molar-refractivity contribution in [1.82, 2.24) is 9.80 Å². The first-order valence-corrected chi connectivity index (χ1v) is 19.5. The van der Waals surface area contributed by atoms with Crippen LogP contribution in [0.5, 0.6) is 23.0 Å². The van der Waals surface area contributed by atoms with Crippen molar-refractivity contribution in [3.05, 3.63) is 106 Å². The van der Waals surface area contributed by atoms with Crippen LogP contribution >= 0.6 is 0 Å². The maximum absolute atomic E-state index is 13.8. The molecule has 3 heterocycles. The number of aliphatic imine (C=N–C) groups is 2. The van der Waals surface area contributed by atoms with E-state index in [2.05, 4.69) is 69.3 Å². The number of methoxy groups -OCH3 is 2. The Kier molecular flexibility index (Phi) is 13.1. The van der Waals surface area contributed by atoms with Crippen molar-refractivity contribution in [2.24, 2.45) is 15.9 Å². The summed E-state index contributed by atoms with van der Waals surface area (Å²) in [5, 5.41) is 0. The lowest BCUT2D eigenvalue weighted by molar-refractivity contribution is 0.0817. The van der Waals surface area contributed by atoms with Gasteiger partial charge in [0.2, 0.25) is 0 Å². The molecule has 0 bridgehead atoms. The second kappa shape index (κ2) is 18.3. The molecule has 0 saturated heterocycles. The molecule has 0 aromatic heterocycles. The van der Waals surface area contributed by atoms with Gasteiger partial charge < -0.3 is 28.7 Å². The zero-order chi connectivity index (χ0) is 39.8. The van der Waals surface area contributed by atoms with Crippen LogP contribution in [0.3, 0.4) is 0 Å². The first-order chi connectivity index (χ1) is 27.1. The monoisotopic (exact) mass is 758 g/mol. The van der Waals surface area contributed by atoms with E-state index >= 15 is 0 Å². The summed E-state index contributed by atoms with van der Waals surface area (Å²) < 4.78 is 23.5. The smallest absolute Gasteiger partial charge is 0.260 e. The summed E-state index contributed by atoms with van der Waals surface area (Å²) in [6, 6.07) is 6.78. The second-order valence-corrected chi connectivity index (χ2v) is 14.9. The summed E-state index contributed by atoms with van der Waals surface area (Å²) in [6.45, 7) is 9.12. The van der Waals surface area contributed by atoms with Crippen LogP contribution < -0.4 is 18.9 Å². The summed E-state index contributed by atoms with van der Waals surface area (Å²) in [5.74, 6) is 2.18. The van der Waals surface area contributed by atoms with E-state index in [9.17, 15) is 9.59 Å². The number of benzene rings is 2. The zero-order valence-corrected chi connectivity index (χ0v) is 33.7. The van der Waals surface area contributed by atoms with Gasteiger partial charge in [-0.25, -0.2) is 0 Å². The number of hydrogen-bond donors (Lipinski definition) is 0. The van der Waals surface area contributed by atoms with Gasteiger partial charge in [0, 0.05) is 62.4 Å². The Bertz CT molecular complexity index is 2070. The Balaban J connectivity index is 1.08. The molecule has 2 unspecified atom stereocenters. The van der Waals surface area contributed by atoms with Crippen LogP contribution in [-0.4, -0.2) is 81.0 Å². The molecular weight excluding hydrogens is 705 g/mol. The lowest BCUT2D eigenvalue weighted by atomic mass is 9.98. The summed E-state index contributed by atoms with van der Waals surface area (Å²) in [5.41, 5.74) is 8.27. The van der Waals surface area contributed by atoms with E-state index in [4.69, 9.17) is 28.9 Å². The van der Waals surface area contributed by atoms with E-state index in [1.807, 2.05) is 25.6 Å². The fourth-order valence-electron chi connectivity index (χ4n) is 7.26. The van der Waals surface area contributed by atoms with Crippen molar-refractivity contribution < 1.29 is 28.5 Å². The number of hydrogen-bond acceptors (Lipinski definition) is 9. The molecule has 2 aromatic carbocycles. The summed E-state index contributed by atoms with van der Waals surface area (Å²) >= 11 is 0. The van der Waals surface area contributed by atoms with Gasteiger partial charge in [-0.15, -0.1) is 0 Å². The molecule has 0 saturated carbocycles. The first-order valence-electron chi connectivity index (χ1n) is 19.5. The van der Waals surface area contributed by atoms with E-state index in [1.54, 1.807) is 43.4 Å². The predicted molar refractivity (Wildman–Crippen MR) is 224 cm³/mol. The van der Waals surface area contributed by atoms with Gasteiger partial charge in [-0.1, -0.05) is 49.8 Å². The minimum atomic E-state index is -0.173. The van der Waals surface area contributed by atoms with Gasteiger partial charge in [-0.05, 0) is 79.9 Å². The van der Waals surface area contributed by atoms with Gasteiger partial charge in [0.25, 0.3) is 5.91 Å². The molecule has 1 amide bonds. The van der Waals surface area contributed by atoms with Crippen molar-refractivity contribution >= 4 is 36.0 Å². The largest absolute Gasteiger partial charge is 0.493 e. The lowest BCUT2D eigenvalue weighted by Crippen LogP contribution is -2.32. The minimum absolute atomic E-state index is 0.0754. The normalized spacial score (nSPS) is 19.7. The van der Waals surface area contributed by atoms with E-state index < -0.39 is 0 Å². The van der Waals surface area contributed by atoms with Crippen LogP contribution in [0.25, 0.3) is 0 Å². The van der Waals surface area contributed by atoms with Crippen molar-refractivity contribution in [3.8, 4) is 23.0 Å². The molecule has 2 atom stereocenters. The number of rotatable bonds is 15. The maximum atomic E-state index is 13.8. The van der Waals surface area contributed by atoms with Gasteiger partial charge in [-0.2, -0.15) is 0 Å². The topological polar surface area (TPSA) is 102 Å². The van der Waals surface area contributed by atoms with Gasteiger partial charge in [0.15, 0.2) is 29.3 Å². The van der Waals surface area contributed by atoms with Crippen LogP contribution in [0.4, 0.5) is 11.4 Å². The Hall–Kier alpha value is -5.64. The molecule has 3 aliphatic heterocycles. The fourth-order valence-corrected chi connectivity index (χ4v) is 7.26. The highest BCUT2D eigenvalue weighted by molar-refractivity contribution is 6.04. The number of nitrogens with zero attached hydrogens (tertiary/aromatic N) is 4. The second-order valence-electron chi connectivity index (χ2n) is 14.9. The number of carbonyl (C=O) groups excluding carboxylic acids is 2. The van der Waals surface area contributed by atoms with Crippen molar-refractivity contribution in [2.45, 2.75) is 78.3 Å². The predicted octanol–water partition coefficient (Wildman–Crippen LogP) is 9.68. The third kappa shape index (κ3) is 9.24. The number of carbonyl (C=O) groups is 2. The standard InChI is InChI=1S/C46H54N4O6/c1-8-32(15-13-30(2)3)35-20-38-26-48-41-24-45(43(54-7)22-39(41)46(52)50(38)28-35)56-18-10-17-55-44-23-40(36(29-51)21-42(44)53-6)47-25-37-19-34(27-49(37)5)33-12-9-11-31(4)14-16-33/h8,13-16,21-30,37-38H,9-12,17-20H2,1-7H3/b15-13-,32-8+,47-25-. The zero-order valence-electron chi connectivity index (χ0n) is 33.7. The molecule has 0 radical (unpaired) electrons. The van der Waals surface area contributed by atoms with Crippen molar-refractivity contribution in [2.75, 3.05) is 34.5 Å². The molecule has 294 valence electrons. The van der Waals surface area contributed by atoms with Crippen LogP contribution in [0.2, 0.25) is 0 Å². The van der Waals surface area contributed by atoms with Gasteiger partial charge in [0.1, 0.15) is 0 Å². The highest BCUT2D eigenvalue weighted by Crippen LogP contribution is 2.40. The highest BCUT2D eigenvalue weighted by Gasteiger charge is 2.33. The lowest BCUT2D eigenvalue weighted by Gasteiger charge is -2.19. The SMILES string of the molecule is C/C=C(\C=C/C(C)C)C1=CN2C(=O)c3cc(OC)c(OCCCOc4cc(/N=C\C5CC(C6=CC=C(C)CCC6)=CN5C)c(C=O)cc4OC)cc3N=CC2C1. The average Bonchev–Trinajstić information content (AvgIpc) is 3.68. The third-order valence-corrected chi connectivity index (χ3v) is 10.5. The molecule has 0 spiro atoms. The molecule has 2 aromatic rings. The molecular formula is C46H54N4O6. The van der Waals surface area contributed by atoms with Crippen molar-refractivity contribution in [1.29, 1.82) is 0 Å². The van der Waals surface area contributed by atoms with E-state index in [0.717, 1.165) is 43.1 Å². The van der Waals surface area contributed by atoms with Crippen LogP contribution in [-0.2, 0) is 0 Å². The summed E-state index contributed by atoms with van der Waals surface area (Å²) in [6.07, 6.45) is 25.0. The molecule has 0 N–H and O–H groups in total. The Morgan fingerprint density at radius 2 is 1.71 bits per heavy atom. The number of ether oxygens (including phenoxy) is 4. The Morgan fingerprint density at radius 3 is 2.43 bits per heavy atom. The summed E-state index contributed by atoms with van der Waals surface area (Å²) in [7, 11) is 5.16. The van der Waals surface area contributed by atoms with Crippen LogP contribution in [0, 0.1) is 5.92 Å². The molecule has 10 heteroatoms. The number of allylic oxidation sites excluding steroid dienone is 8. The van der Waals surface area contributed by atoms with E-state index in [0.29, 0.717) is 77.5 Å². The molecule has 0 fully saturated rings. The molecule has 1 aliphatic carbocycles. The quantitative estimate of drug-likeness (QED) is 0.0772. The molecule has 6 rings (SSSR count). The molecule has 4 aliphatic rings. The van der Waals surface area contributed by atoms with Crippen LogP contribution in [0.15, 0.2) is 105 Å². The number of aldehydes is 1. The first kappa shape index (κ1) is 40.0. The van der Waals surface area contributed by atoms with E-state index in [-0.39, 0.29) is 18.0 Å². The average molecular weight is 759 g/mol. The van der Waals surface area contributed by atoms with Crippen molar-refractivity contribution in [3.63, 3.8) is 0 Å². The Morgan fingerprint density at radius 1 is 0.964 bits per heavy atom. The summed E-state index contributed by atoms with van der Waals surface area (Å²) in [4.78, 5) is 39.3. The Labute approximate surface area is 331 Å². The van der Waals surface area contributed by atoms with Crippen LogP contribution in [0.1, 0.15) is 86.9 Å². The maximum Gasteiger partial charge on any atom is 0.260 e. The van der Waals surface area contributed by atoms with Gasteiger partial charge >= 0.3 is 0 Å². The highest BCUT2D eigenvalue weighted by atomic mass is 16.5. The van der Waals surface area contributed by atoms with Gasteiger partial charge in [0.05, 0.1) is 56.5 Å². The van der Waals surface area contributed by atoms with Gasteiger partial charge in [-0.3, -0.25) is 19.6 Å². The molecule has 56 heavy (non-hydrogen) atoms. The fraction of sp³-hybridized carbons (Fsp3) is 0.391. The molecule has 10 nitrogen and oxygen atoms in total. The number of amides is 1. The third-order valence-electron chi connectivity index (χ3n) is 10.5. The minimum Gasteiger partial charge on any atom is -0.493 e. The van der Waals surface area contributed by atoms with E-state index in [1.165, 1.54) is 16.7 Å².